The first-order chi connectivity index (χ1) is 6.70. The van der Waals surface area contributed by atoms with Crippen LogP contribution < -0.4 is 11.5 Å². The van der Waals surface area contributed by atoms with Gasteiger partial charge >= 0.3 is 0 Å². The second kappa shape index (κ2) is 5.61. The van der Waals surface area contributed by atoms with Gasteiger partial charge in [-0.05, 0) is 25.2 Å². The molecule has 0 fully saturated rings. The number of ketones is 1. The summed E-state index contributed by atoms with van der Waals surface area (Å²) in [5.41, 5.74) is 10.8. The van der Waals surface area contributed by atoms with Crippen LogP contribution in [0.5, 0.6) is 0 Å². The minimum Gasteiger partial charge on any atom is -0.313 e. The van der Waals surface area contributed by atoms with Crippen LogP contribution in [0.2, 0.25) is 0 Å². The monoisotopic (exact) mass is 214 g/mol. The molecule has 0 saturated carbocycles. The van der Waals surface area contributed by atoms with Crippen LogP contribution >= 0.6 is 0 Å². The number of carbonyl (C=O) groups excluding carboxylic acids is 1. The van der Waals surface area contributed by atoms with E-state index >= 15 is 0 Å². The molecule has 0 unspecified atom stereocenters. The summed E-state index contributed by atoms with van der Waals surface area (Å²) in [5.74, 6) is 0.328. The van der Waals surface area contributed by atoms with Crippen molar-refractivity contribution in [3.63, 3.8) is 0 Å². The van der Waals surface area contributed by atoms with Gasteiger partial charge in [0.1, 0.15) is 5.78 Å². The summed E-state index contributed by atoms with van der Waals surface area (Å²) in [6.07, 6.45) is 4.11. The van der Waals surface area contributed by atoms with Crippen molar-refractivity contribution in [2.45, 2.75) is 65.5 Å². The SMILES string of the molecule is CCCCC(=O)CCC(C)(C)C(C)(N)N. The Morgan fingerprint density at radius 2 is 1.67 bits per heavy atom. The topological polar surface area (TPSA) is 69.1 Å². The maximum atomic E-state index is 11.5. The van der Waals surface area contributed by atoms with Gasteiger partial charge in [0.15, 0.2) is 0 Å². The second-order valence-electron chi connectivity index (χ2n) is 5.31. The van der Waals surface area contributed by atoms with Crippen molar-refractivity contribution < 1.29 is 4.79 Å². The zero-order valence-corrected chi connectivity index (χ0v) is 10.6. The molecule has 0 aromatic carbocycles. The van der Waals surface area contributed by atoms with E-state index in [4.69, 9.17) is 11.5 Å². The molecule has 0 amide bonds. The molecule has 0 heterocycles. The van der Waals surface area contributed by atoms with E-state index < -0.39 is 5.66 Å². The van der Waals surface area contributed by atoms with E-state index in [2.05, 4.69) is 6.92 Å². The van der Waals surface area contributed by atoms with Gasteiger partial charge in [-0.3, -0.25) is 4.79 Å². The average molecular weight is 214 g/mol. The van der Waals surface area contributed by atoms with Crippen LogP contribution in [0.25, 0.3) is 0 Å². The Labute approximate surface area is 93.6 Å². The van der Waals surface area contributed by atoms with Gasteiger partial charge in [0.25, 0.3) is 0 Å². The lowest BCUT2D eigenvalue weighted by molar-refractivity contribution is -0.119. The van der Waals surface area contributed by atoms with Gasteiger partial charge < -0.3 is 11.5 Å². The number of rotatable bonds is 7. The van der Waals surface area contributed by atoms with Crippen LogP contribution in [-0.4, -0.2) is 11.4 Å². The van der Waals surface area contributed by atoms with Crippen molar-refractivity contribution in [3.8, 4) is 0 Å². The Morgan fingerprint density at radius 3 is 2.07 bits per heavy atom. The fourth-order valence-corrected chi connectivity index (χ4v) is 1.22. The standard InChI is InChI=1S/C12H26N2O/c1-5-6-7-10(15)8-9-11(2,3)12(4,13)14/h5-9,13-14H2,1-4H3. The van der Waals surface area contributed by atoms with Gasteiger partial charge in [-0.1, -0.05) is 27.2 Å². The average Bonchev–Trinajstić information content (AvgIpc) is 2.09. The number of Topliss-reactive ketones (excluding diaryl/α,β-unsaturated/α-hetero) is 1. The Bertz CT molecular complexity index is 204. The third-order valence-corrected chi connectivity index (χ3v) is 3.30. The lowest BCUT2D eigenvalue weighted by atomic mass is 9.76. The lowest BCUT2D eigenvalue weighted by Gasteiger charge is -2.38. The first kappa shape index (κ1) is 14.6. The molecule has 15 heavy (non-hydrogen) atoms. The minimum atomic E-state index is -0.724. The van der Waals surface area contributed by atoms with Gasteiger partial charge in [0, 0.05) is 12.8 Å². The van der Waals surface area contributed by atoms with Crippen molar-refractivity contribution in [1.29, 1.82) is 0 Å². The lowest BCUT2D eigenvalue weighted by Crippen LogP contribution is -2.57. The Hall–Kier alpha value is -0.410. The zero-order chi connectivity index (χ0) is 12.1. The molecule has 0 aliphatic heterocycles. The molecule has 0 saturated heterocycles. The second-order valence-corrected chi connectivity index (χ2v) is 5.31. The highest BCUT2D eigenvalue weighted by Crippen LogP contribution is 2.30. The largest absolute Gasteiger partial charge is 0.313 e. The number of nitrogens with two attached hydrogens (primary N) is 2. The van der Waals surface area contributed by atoms with Crippen molar-refractivity contribution in [2.75, 3.05) is 0 Å². The predicted octanol–water partition coefficient (Wildman–Crippen LogP) is 2.19. The molecule has 0 radical (unpaired) electrons. The van der Waals surface area contributed by atoms with Gasteiger partial charge in [0.05, 0.1) is 5.66 Å². The third-order valence-electron chi connectivity index (χ3n) is 3.30. The number of hydrogen-bond acceptors (Lipinski definition) is 3. The smallest absolute Gasteiger partial charge is 0.132 e. The maximum Gasteiger partial charge on any atom is 0.132 e. The van der Waals surface area contributed by atoms with Crippen LogP contribution in [0.4, 0.5) is 0 Å². The summed E-state index contributed by atoms with van der Waals surface area (Å²) in [6.45, 7) is 7.93. The van der Waals surface area contributed by atoms with Crippen molar-refractivity contribution in [2.24, 2.45) is 16.9 Å². The molecule has 0 rings (SSSR count). The van der Waals surface area contributed by atoms with Crippen molar-refractivity contribution in [1.82, 2.24) is 0 Å². The molecular formula is C12H26N2O. The molecule has 0 aliphatic carbocycles. The molecule has 0 spiro atoms. The van der Waals surface area contributed by atoms with Crippen molar-refractivity contribution >= 4 is 5.78 Å². The number of unbranched alkanes of at least 4 members (excludes halogenated alkanes) is 1. The van der Waals surface area contributed by atoms with E-state index in [1.54, 1.807) is 0 Å². The quantitative estimate of drug-likeness (QED) is 0.638. The number of hydrogen-bond donors (Lipinski definition) is 2. The van der Waals surface area contributed by atoms with Crippen LogP contribution in [0.1, 0.15) is 59.8 Å². The summed E-state index contributed by atoms with van der Waals surface area (Å²) in [7, 11) is 0. The summed E-state index contributed by atoms with van der Waals surface area (Å²) < 4.78 is 0. The van der Waals surface area contributed by atoms with Crippen LogP contribution in [0.15, 0.2) is 0 Å². The minimum absolute atomic E-state index is 0.200. The Kier molecular flexibility index (Phi) is 5.46. The van der Waals surface area contributed by atoms with Gasteiger partial charge in [-0.15, -0.1) is 0 Å². The highest BCUT2D eigenvalue weighted by molar-refractivity contribution is 5.78. The van der Waals surface area contributed by atoms with Gasteiger partial charge in [0.2, 0.25) is 0 Å². The van der Waals surface area contributed by atoms with E-state index in [1.165, 1.54) is 0 Å². The summed E-state index contributed by atoms with van der Waals surface area (Å²) in [5, 5.41) is 0. The van der Waals surface area contributed by atoms with Crippen molar-refractivity contribution in [3.05, 3.63) is 0 Å². The van der Waals surface area contributed by atoms with Crippen LogP contribution in [0, 0.1) is 5.41 Å². The fourth-order valence-electron chi connectivity index (χ4n) is 1.22. The van der Waals surface area contributed by atoms with E-state index in [-0.39, 0.29) is 5.41 Å². The normalized spacial score (nSPS) is 12.9. The molecule has 3 heteroatoms. The van der Waals surface area contributed by atoms with E-state index in [0.29, 0.717) is 18.6 Å². The highest BCUT2D eigenvalue weighted by atomic mass is 16.1. The Morgan fingerprint density at radius 1 is 1.13 bits per heavy atom. The van der Waals surface area contributed by atoms with Gasteiger partial charge in [-0.25, -0.2) is 0 Å². The molecule has 90 valence electrons. The Balaban J connectivity index is 3.99. The highest BCUT2D eigenvalue weighted by Gasteiger charge is 2.33. The van der Waals surface area contributed by atoms with E-state index in [1.807, 2.05) is 20.8 Å². The first-order valence-corrected chi connectivity index (χ1v) is 5.80. The summed E-state index contributed by atoms with van der Waals surface area (Å²) >= 11 is 0. The van der Waals surface area contributed by atoms with Crippen LogP contribution in [0.3, 0.4) is 0 Å². The molecule has 0 aromatic rings. The molecule has 0 aromatic heterocycles. The third kappa shape index (κ3) is 5.28. The first-order valence-electron chi connectivity index (χ1n) is 5.80. The number of carbonyl (C=O) groups is 1. The van der Waals surface area contributed by atoms with E-state index in [0.717, 1.165) is 19.3 Å². The summed E-state index contributed by atoms with van der Waals surface area (Å²) in [4.78, 5) is 11.5. The summed E-state index contributed by atoms with van der Waals surface area (Å²) in [6, 6.07) is 0. The maximum absolute atomic E-state index is 11.5. The molecule has 4 N–H and O–H groups in total. The molecule has 3 nitrogen and oxygen atoms in total. The van der Waals surface area contributed by atoms with E-state index in [9.17, 15) is 4.79 Å². The predicted molar refractivity (Wildman–Crippen MR) is 64.3 cm³/mol. The van der Waals surface area contributed by atoms with Crippen LogP contribution in [-0.2, 0) is 4.79 Å². The van der Waals surface area contributed by atoms with Gasteiger partial charge in [-0.2, -0.15) is 0 Å². The molecule has 0 atom stereocenters. The molecule has 0 aliphatic rings. The molecule has 0 bridgehead atoms. The molecular weight excluding hydrogens is 188 g/mol. The fraction of sp³-hybridized carbons (Fsp3) is 0.917. The zero-order valence-electron chi connectivity index (χ0n) is 10.6.